The number of carbonyl (C=O) groups is 1. The fourth-order valence-electron chi connectivity index (χ4n) is 1.88. The molecule has 0 unspecified atom stereocenters. The molecule has 0 N–H and O–H groups in total. The molecule has 2 nitrogen and oxygen atoms in total. The number of carbonyl (C=O) groups excluding carboxylic acids is 1. The van der Waals surface area contributed by atoms with Gasteiger partial charge in [0.25, 0.3) is 0 Å². The van der Waals surface area contributed by atoms with E-state index in [0.29, 0.717) is 24.3 Å². The molecule has 0 aliphatic rings. The van der Waals surface area contributed by atoms with Crippen molar-refractivity contribution < 1.29 is 9.53 Å². The van der Waals surface area contributed by atoms with Gasteiger partial charge < -0.3 is 4.74 Å². The molecule has 104 valence electrons. The van der Waals surface area contributed by atoms with Crippen molar-refractivity contribution in [3.05, 3.63) is 62.5 Å². The predicted octanol–water partition coefficient (Wildman–Crippen LogP) is 5.04. The maximum absolute atomic E-state index is 12.4. The van der Waals surface area contributed by atoms with E-state index in [2.05, 4.69) is 31.9 Å². The molecule has 0 fully saturated rings. The average molecular weight is 398 g/mol. The van der Waals surface area contributed by atoms with E-state index in [9.17, 15) is 4.79 Å². The van der Waals surface area contributed by atoms with E-state index in [-0.39, 0.29) is 5.78 Å². The zero-order valence-electron chi connectivity index (χ0n) is 11.0. The Labute approximate surface area is 135 Å². The molecule has 2 aromatic rings. The summed E-state index contributed by atoms with van der Waals surface area (Å²) in [5, 5.41) is 0. The van der Waals surface area contributed by atoms with E-state index in [1.165, 1.54) is 0 Å². The van der Waals surface area contributed by atoms with Crippen LogP contribution in [-0.4, -0.2) is 12.4 Å². The number of benzene rings is 2. The second-order valence-electron chi connectivity index (χ2n) is 4.30. The maximum atomic E-state index is 12.4. The fourth-order valence-corrected chi connectivity index (χ4v) is 2.51. The van der Waals surface area contributed by atoms with Crippen LogP contribution >= 0.6 is 31.9 Å². The zero-order valence-corrected chi connectivity index (χ0v) is 14.2. The molecule has 2 rings (SSSR count). The number of Topliss-reactive ketones (excluding diaryl/α,β-unsaturated/α-hetero) is 1. The molecule has 0 aliphatic carbocycles. The van der Waals surface area contributed by atoms with Crippen LogP contribution in [-0.2, 0) is 6.42 Å². The molecule has 4 heteroatoms. The topological polar surface area (TPSA) is 26.3 Å². The monoisotopic (exact) mass is 396 g/mol. The Balaban J connectivity index is 2.23. The Hall–Kier alpha value is -1.13. The van der Waals surface area contributed by atoms with E-state index in [0.717, 1.165) is 14.5 Å². The third-order valence-corrected chi connectivity index (χ3v) is 3.84. The van der Waals surface area contributed by atoms with E-state index < -0.39 is 0 Å². The second-order valence-corrected chi connectivity index (χ2v) is 6.13. The molecule has 0 bridgehead atoms. The summed E-state index contributed by atoms with van der Waals surface area (Å²) in [6, 6.07) is 13.3. The van der Waals surface area contributed by atoms with Crippen LogP contribution in [0.4, 0.5) is 0 Å². The third-order valence-electron chi connectivity index (χ3n) is 2.82. The molecule has 0 saturated carbocycles. The highest BCUT2D eigenvalue weighted by Crippen LogP contribution is 2.25. The molecule has 0 aromatic heterocycles. The summed E-state index contributed by atoms with van der Waals surface area (Å²) in [4.78, 5) is 12.4. The number of rotatable bonds is 5. The largest absolute Gasteiger partial charge is 0.493 e. The molecule has 0 amide bonds. The lowest BCUT2D eigenvalue weighted by atomic mass is 10.0. The van der Waals surface area contributed by atoms with Crippen LogP contribution in [0.1, 0.15) is 22.8 Å². The Morgan fingerprint density at radius 3 is 2.35 bits per heavy atom. The van der Waals surface area contributed by atoms with Crippen molar-refractivity contribution in [1.29, 1.82) is 0 Å². The summed E-state index contributed by atoms with van der Waals surface area (Å²) in [5.41, 5.74) is 1.60. The number of hydrogen-bond acceptors (Lipinski definition) is 2. The van der Waals surface area contributed by atoms with Crippen molar-refractivity contribution in [2.45, 2.75) is 13.3 Å². The molecule has 0 heterocycles. The second kappa shape index (κ2) is 7.04. The van der Waals surface area contributed by atoms with Crippen molar-refractivity contribution in [3.63, 3.8) is 0 Å². The van der Waals surface area contributed by atoms with Crippen molar-refractivity contribution in [2.24, 2.45) is 0 Å². The third kappa shape index (κ3) is 3.93. The standard InChI is InChI=1S/C16H14Br2O2/c1-2-20-16-8-7-13(18)10-14(16)15(19)9-11-3-5-12(17)6-4-11/h3-8,10H,2,9H2,1H3. The highest BCUT2D eigenvalue weighted by Gasteiger charge is 2.13. The smallest absolute Gasteiger partial charge is 0.170 e. The Bertz CT molecular complexity index is 606. The van der Waals surface area contributed by atoms with E-state index >= 15 is 0 Å². The van der Waals surface area contributed by atoms with Gasteiger partial charge >= 0.3 is 0 Å². The van der Waals surface area contributed by atoms with Gasteiger partial charge in [0.2, 0.25) is 0 Å². The first-order chi connectivity index (χ1) is 9.60. The van der Waals surface area contributed by atoms with Crippen LogP contribution in [0.25, 0.3) is 0 Å². The highest BCUT2D eigenvalue weighted by atomic mass is 79.9. The molecule has 2 aromatic carbocycles. The van der Waals surface area contributed by atoms with Crippen molar-refractivity contribution in [2.75, 3.05) is 6.61 Å². The first-order valence-corrected chi connectivity index (χ1v) is 7.88. The van der Waals surface area contributed by atoms with Gasteiger partial charge in [-0.25, -0.2) is 0 Å². The van der Waals surface area contributed by atoms with Gasteiger partial charge in [-0.05, 0) is 42.8 Å². The molecular weight excluding hydrogens is 384 g/mol. The van der Waals surface area contributed by atoms with Crippen LogP contribution in [0.5, 0.6) is 5.75 Å². The van der Waals surface area contributed by atoms with Gasteiger partial charge in [0.15, 0.2) is 5.78 Å². The Morgan fingerprint density at radius 1 is 1.05 bits per heavy atom. The molecule has 20 heavy (non-hydrogen) atoms. The zero-order chi connectivity index (χ0) is 14.5. The first kappa shape index (κ1) is 15.3. The fraction of sp³-hybridized carbons (Fsp3) is 0.188. The minimum Gasteiger partial charge on any atom is -0.493 e. The first-order valence-electron chi connectivity index (χ1n) is 6.30. The van der Waals surface area contributed by atoms with Crippen molar-refractivity contribution >= 4 is 37.6 Å². The molecule has 0 saturated heterocycles. The van der Waals surface area contributed by atoms with Gasteiger partial charge in [-0.15, -0.1) is 0 Å². The van der Waals surface area contributed by atoms with Gasteiger partial charge in [-0.3, -0.25) is 4.79 Å². The molecule has 0 atom stereocenters. The van der Waals surface area contributed by atoms with Gasteiger partial charge in [0.1, 0.15) is 5.75 Å². The van der Waals surface area contributed by atoms with Crippen molar-refractivity contribution in [3.8, 4) is 5.75 Å². The van der Waals surface area contributed by atoms with Crippen molar-refractivity contribution in [1.82, 2.24) is 0 Å². The van der Waals surface area contributed by atoms with Crippen LogP contribution in [0.2, 0.25) is 0 Å². The van der Waals surface area contributed by atoms with Gasteiger partial charge in [0.05, 0.1) is 12.2 Å². The summed E-state index contributed by atoms with van der Waals surface area (Å²) < 4.78 is 7.40. The van der Waals surface area contributed by atoms with Gasteiger partial charge in [-0.1, -0.05) is 44.0 Å². The lowest BCUT2D eigenvalue weighted by Crippen LogP contribution is -2.07. The molecule has 0 aliphatic heterocycles. The summed E-state index contributed by atoms with van der Waals surface area (Å²) in [7, 11) is 0. The maximum Gasteiger partial charge on any atom is 0.170 e. The lowest BCUT2D eigenvalue weighted by Gasteiger charge is -2.10. The van der Waals surface area contributed by atoms with Gasteiger partial charge in [-0.2, -0.15) is 0 Å². The average Bonchev–Trinajstić information content (AvgIpc) is 2.43. The Kier molecular flexibility index (Phi) is 5.38. The lowest BCUT2D eigenvalue weighted by molar-refractivity contribution is 0.0989. The number of ether oxygens (including phenoxy) is 1. The minimum absolute atomic E-state index is 0.0528. The quantitative estimate of drug-likeness (QED) is 0.661. The number of hydrogen-bond donors (Lipinski definition) is 0. The number of halogens is 2. The molecular formula is C16H14Br2O2. The normalized spacial score (nSPS) is 10.3. The summed E-state index contributed by atoms with van der Waals surface area (Å²) in [6.45, 7) is 2.45. The van der Waals surface area contributed by atoms with E-state index in [1.807, 2.05) is 49.4 Å². The summed E-state index contributed by atoms with van der Waals surface area (Å²) in [6.07, 6.45) is 0.365. The van der Waals surface area contributed by atoms with E-state index in [1.54, 1.807) is 0 Å². The summed E-state index contributed by atoms with van der Waals surface area (Å²) in [5.74, 6) is 0.690. The van der Waals surface area contributed by atoms with Crippen LogP contribution in [0.15, 0.2) is 51.4 Å². The Morgan fingerprint density at radius 2 is 1.70 bits per heavy atom. The minimum atomic E-state index is 0.0528. The predicted molar refractivity (Wildman–Crippen MR) is 87.5 cm³/mol. The van der Waals surface area contributed by atoms with Gasteiger partial charge in [0, 0.05) is 15.4 Å². The number of ketones is 1. The molecule has 0 spiro atoms. The molecule has 0 radical (unpaired) electrons. The SMILES string of the molecule is CCOc1ccc(Br)cc1C(=O)Cc1ccc(Br)cc1. The van der Waals surface area contributed by atoms with Crippen LogP contribution in [0.3, 0.4) is 0 Å². The van der Waals surface area contributed by atoms with E-state index in [4.69, 9.17) is 4.74 Å². The summed E-state index contributed by atoms with van der Waals surface area (Å²) >= 11 is 6.78. The van der Waals surface area contributed by atoms with Crippen LogP contribution < -0.4 is 4.74 Å². The highest BCUT2D eigenvalue weighted by molar-refractivity contribution is 9.10. The van der Waals surface area contributed by atoms with Crippen LogP contribution in [0, 0.1) is 0 Å².